The fraction of sp³-hybridized carbons (Fsp3) is 0.350. The van der Waals surface area contributed by atoms with E-state index in [0.717, 1.165) is 43.5 Å². The zero-order chi connectivity index (χ0) is 20.9. The largest absolute Gasteiger partial charge is 0.355 e. The molecule has 0 saturated carbocycles. The van der Waals surface area contributed by atoms with Gasteiger partial charge in [-0.15, -0.1) is 0 Å². The summed E-state index contributed by atoms with van der Waals surface area (Å²) in [5.74, 6) is 0.667. The number of hydrogen-bond acceptors (Lipinski definition) is 6. The second kappa shape index (κ2) is 9.15. The molecule has 1 amide bonds. The maximum atomic E-state index is 12.6. The number of aromatic nitrogens is 2. The number of anilines is 2. The molecule has 1 atom stereocenters. The van der Waals surface area contributed by atoms with Crippen molar-refractivity contribution >= 4 is 27.4 Å². The van der Waals surface area contributed by atoms with Crippen LogP contribution in [0.15, 0.2) is 54.2 Å². The van der Waals surface area contributed by atoms with Gasteiger partial charge in [-0.2, -0.15) is 0 Å². The number of amides is 1. The molecule has 2 N–H and O–H groups in total. The van der Waals surface area contributed by atoms with Gasteiger partial charge < -0.3 is 10.2 Å². The van der Waals surface area contributed by atoms with Gasteiger partial charge in [-0.25, -0.2) is 18.1 Å². The van der Waals surface area contributed by atoms with Crippen LogP contribution in [-0.4, -0.2) is 43.9 Å². The Kier molecular flexibility index (Phi) is 6.60. The topological polar surface area (TPSA) is 104 Å². The Hall–Kier alpha value is -2.78. The van der Waals surface area contributed by atoms with E-state index in [1.54, 1.807) is 24.5 Å². The molecule has 1 saturated heterocycles. The first-order valence-electron chi connectivity index (χ1n) is 9.44. The molecule has 1 unspecified atom stereocenters. The first kappa shape index (κ1) is 20.9. The second-order valence-corrected chi connectivity index (χ2v) is 8.81. The third kappa shape index (κ3) is 5.61. The summed E-state index contributed by atoms with van der Waals surface area (Å²) in [6.45, 7) is 7.26. The van der Waals surface area contributed by atoms with Crippen LogP contribution in [0.4, 0.5) is 11.5 Å². The summed E-state index contributed by atoms with van der Waals surface area (Å²) in [7, 11) is -3.63. The van der Waals surface area contributed by atoms with Gasteiger partial charge in [0.05, 0.1) is 16.8 Å². The van der Waals surface area contributed by atoms with Crippen molar-refractivity contribution < 1.29 is 13.2 Å². The lowest BCUT2D eigenvalue weighted by Crippen LogP contribution is -2.41. The molecule has 0 radical (unpaired) electrons. The molecule has 8 nitrogen and oxygen atoms in total. The number of rotatable bonds is 7. The number of piperidine rings is 1. The molecule has 9 heteroatoms. The number of sulfonamides is 1. The van der Waals surface area contributed by atoms with Gasteiger partial charge in [0, 0.05) is 31.5 Å². The van der Waals surface area contributed by atoms with Crippen molar-refractivity contribution in [3.05, 3.63) is 55.0 Å². The first-order chi connectivity index (χ1) is 13.9. The predicted molar refractivity (Wildman–Crippen MR) is 112 cm³/mol. The molecule has 0 aliphatic carbocycles. The smallest absolute Gasteiger partial charge is 0.247 e. The highest BCUT2D eigenvalue weighted by Gasteiger charge is 2.23. The molecular weight excluding hydrogens is 390 g/mol. The van der Waals surface area contributed by atoms with Crippen molar-refractivity contribution in [2.24, 2.45) is 5.92 Å². The molecule has 1 aromatic carbocycles. The Bertz CT molecular complexity index is 976. The van der Waals surface area contributed by atoms with Crippen LogP contribution in [0.2, 0.25) is 0 Å². The summed E-state index contributed by atoms with van der Waals surface area (Å²) in [5.41, 5.74) is 1.37. The molecule has 1 aliphatic heterocycles. The lowest BCUT2D eigenvalue weighted by Gasteiger charge is -2.33. The molecule has 154 valence electrons. The molecule has 29 heavy (non-hydrogen) atoms. The van der Waals surface area contributed by atoms with Crippen molar-refractivity contribution in [2.45, 2.75) is 24.7 Å². The number of carbonyl (C=O) groups is 1. The Balaban J connectivity index is 1.59. The Morgan fingerprint density at radius 2 is 2.07 bits per heavy atom. The molecule has 2 heterocycles. The predicted octanol–water partition coefficient (Wildman–Crippen LogP) is 2.10. The van der Waals surface area contributed by atoms with E-state index in [2.05, 4.69) is 31.5 Å². The van der Waals surface area contributed by atoms with E-state index in [1.807, 2.05) is 6.92 Å². The van der Waals surface area contributed by atoms with Crippen molar-refractivity contribution in [3.8, 4) is 0 Å². The molecule has 2 aromatic rings. The standard InChI is InChI=1S/C20H25N5O3S/c1-3-20(26)24-17-6-8-18(9-7-17)29(27,28)22-12-16-5-4-10-25(14-16)19-13-21-11-15(2)23-19/h3,6-9,11,13,16,22H,1,4-5,10,12,14H2,2H3,(H,24,26). The quantitative estimate of drug-likeness (QED) is 0.671. The van der Waals surface area contributed by atoms with Crippen molar-refractivity contribution in [1.82, 2.24) is 14.7 Å². The molecule has 0 spiro atoms. The normalized spacial score (nSPS) is 17.0. The zero-order valence-corrected chi connectivity index (χ0v) is 17.2. The molecule has 3 rings (SSSR count). The van der Waals surface area contributed by atoms with E-state index in [-0.39, 0.29) is 16.7 Å². The monoisotopic (exact) mass is 415 g/mol. The minimum atomic E-state index is -3.63. The number of aryl methyl sites for hydroxylation is 1. The summed E-state index contributed by atoms with van der Waals surface area (Å²) in [6.07, 6.45) is 6.53. The Labute approximate surface area is 171 Å². The van der Waals surface area contributed by atoms with Crippen molar-refractivity contribution in [1.29, 1.82) is 0 Å². The van der Waals surface area contributed by atoms with Gasteiger partial charge in [0.1, 0.15) is 5.82 Å². The summed E-state index contributed by atoms with van der Waals surface area (Å²) >= 11 is 0. The molecule has 1 fully saturated rings. The minimum Gasteiger partial charge on any atom is -0.355 e. The number of carbonyl (C=O) groups excluding carboxylic acids is 1. The van der Waals surface area contributed by atoms with Crippen LogP contribution < -0.4 is 14.9 Å². The van der Waals surface area contributed by atoms with Crippen LogP contribution in [-0.2, 0) is 14.8 Å². The Morgan fingerprint density at radius 3 is 2.76 bits per heavy atom. The van der Waals surface area contributed by atoms with Gasteiger partial charge in [0.25, 0.3) is 0 Å². The van der Waals surface area contributed by atoms with Crippen molar-refractivity contribution in [2.75, 3.05) is 29.9 Å². The fourth-order valence-corrected chi connectivity index (χ4v) is 4.38. The van der Waals surface area contributed by atoms with Gasteiger partial charge in [0.15, 0.2) is 0 Å². The maximum Gasteiger partial charge on any atom is 0.247 e. The molecule has 0 bridgehead atoms. The van der Waals surface area contributed by atoms with Crippen LogP contribution in [0.1, 0.15) is 18.5 Å². The van der Waals surface area contributed by atoms with E-state index < -0.39 is 10.0 Å². The lowest BCUT2D eigenvalue weighted by molar-refractivity contribution is -0.111. The highest BCUT2D eigenvalue weighted by molar-refractivity contribution is 7.89. The van der Waals surface area contributed by atoms with Crippen LogP contribution in [0.25, 0.3) is 0 Å². The van der Waals surface area contributed by atoms with Gasteiger partial charge >= 0.3 is 0 Å². The number of nitrogens with zero attached hydrogens (tertiary/aromatic N) is 3. The Morgan fingerprint density at radius 1 is 1.31 bits per heavy atom. The highest BCUT2D eigenvalue weighted by atomic mass is 32.2. The van der Waals surface area contributed by atoms with Gasteiger partial charge in [-0.05, 0) is 56.0 Å². The van der Waals surface area contributed by atoms with Crippen LogP contribution in [0, 0.1) is 12.8 Å². The summed E-state index contributed by atoms with van der Waals surface area (Å²) in [5, 5.41) is 2.59. The second-order valence-electron chi connectivity index (χ2n) is 7.04. The van der Waals surface area contributed by atoms with Gasteiger partial charge in [0.2, 0.25) is 15.9 Å². The maximum absolute atomic E-state index is 12.6. The third-order valence-electron chi connectivity index (χ3n) is 4.76. The number of hydrogen-bond donors (Lipinski definition) is 2. The number of nitrogens with one attached hydrogen (secondary N) is 2. The van der Waals surface area contributed by atoms with Crippen LogP contribution in [0.5, 0.6) is 0 Å². The highest BCUT2D eigenvalue weighted by Crippen LogP contribution is 2.22. The lowest BCUT2D eigenvalue weighted by atomic mass is 9.98. The molecular formula is C20H25N5O3S. The van der Waals surface area contributed by atoms with E-state index in [4.69, 9.17) is 0 Å². The van der Waals surface area contributed by atoms with E-state index in [1.165, 1.54) is 12.1 Å². The zero-order valence-electron chi connectivity index (χ0n) is 16.3. The van der Waals surface area contributed by atoms with Gasteiger partial charge in [-0.1, -0.05) is 6.58 Å². The van der Waals surface area contributed by atoms with Crippen LogP contribution >= 0.6 is 0 Å². The van der Waals surface area contributed by atoms with E-state index in [9.17, 15) is 13.2 Å². The fourth-order valence-electron chi connectivity index (χ4n) is 3.26. The minimum absolute atomic E-state index is 0.159. The average Bonchev–Trinajstić information content (AvgIpc) is 2.73. The summed E-state index contributed by atoms with van der Waals surface area (Å²) in [6, 6.07) is 6.04. The molecule has 1 aromatic heterocycles. The first-order valence-corrected chi connectivity index (χ1v) is 10.9. The van der Waals surface area contributed by atoms with Crippen LogP contribution in [0.3, 0.4) is 0 Å². The van der Waals surface area contributed by atoms with E-state index >= 15 is 0 Å². The summed E-state index contributed by atoms with van der Waals surface area (Å²) in [4.78, 5) is 22.3. The van der Waals surface area contributed by atoms with E-state index in [0.29, 0.717) is 12.2 Å². The molecule has 1 aliphatic rings. The number of benzene rings is 1. The summed E-state index contributed by atoms with van der Waals surface area (Å²) < 4.78 is 27.9. The average molecular weight is 416 g/mol. The van der Waals surface area contributed by atoms with Gasteiger partial charge in [-0.3, -0.25) is 9.78 Å². The third-order valence-corrected chi connectivity index (χ3v) is 6.20. The SMILES string of the molecule is C=CC(=O)Nc1ccc(S(=O)(=O)NCC2CCCN(c3cncc(C)n3)C2)cc1. The van der Waals surface area contributed by atoms with Crippen molar-refractivity contribution in [3.63, 3.8) is 0 Å².